The summed E-state index contributed by atoms with van der Waals surface area (Å²) in [7, 11) is 0. The maximum atomic E-state index is 13.1. The average molecular weight is 258 g/mol. The number of Topliss-reactive ketones (excluding diaryl/α,β-unsaturated/α-hetero) is 1. The molecule has 1 N–H and O–H groups in total. The van der Waals surface area contributed by atoms with Gasteiger partial charge in [0.2, 0.25) is 0 Å². The third-order valence-corrected chi connectivity index (χ3v) is 2.81. The van der Waals surface area contributed by atoms with Crippen molar-refractivity contribution >= 4 is 11.8 Å². The summed E-state index contributed by atoms with van der Waals surface area (Å²) in [4.78, 5) is 22.3. The minimum absolute atomic E-state index is 0.0656. The minimum atomic E-state index is -1.19. The van der Waals surface area contributed by atoms with Gasteiger partial charge < -0.3 is 5.11 Å². The lowest BCUT2D eigenvalue weighted by molar-refractivity contribution is 0.0697. The van der Waals surface area contributed by atoms with Gasteiger partial charge in [0.25, 0.3) is 0 Å². The highest BCUT2D eigenvalue weighted by Gasteiger charge is 2.13. The van der Waals surface area contributed by atoms with Crippen LogP contribution in [-0.4, -0.2) is 16.9 Å². The molecule has 0 radical (unpaired) electrons. The van der Waals surface area contributed by atoms with Crippen LogP contribution in [0.1, 0.15) is 27.6 Å². The predicted molar refractivity (Wildman–Crippen MR) is 68.8 cm³/mol. The fraction of sp³-hybridized carbons (Fsp3) is 0.0667. The number of carboxylic acid groups (broad SMARTS) is 1. The molecule has 0 amide bonds. The first-order valence-corrected chi connectivity index (χ1v) is 5.63. The van der Waals surface area contributed by atoms with Crippen molar-refractivity contribution in [2.45, 2.75) is 6.92 Å². The summed E-state index contributed by atoms with van der Waals surface area (Å²) in [5, 5.41) is 9.07. The molecule has 0 aliphatic heterocycles. The van der Waals surface area contributed by atoms with Crippen molar-refractivity contribution in [1.82, 2.24) is 0 Å². The highest BCUT2D eigenvalue weighted by atomic mass is 19.1. The highest BCUT2D eigenvalue weighted by Crippen LogP contribution is 2.25. The molecule has 4 heteroatoms. The number of carbonyl (C=O) groups excluding carboxylic acids is 1. The molecular weight excluding hydrogens is 247 g/mol. The largest absolute Gasteiger partial charge is 0.478 e. The van der Waals surface area contributed by atoms with Crippen molar-refractivity contribution in [2.75, 3.05) is 0 Å². The lowest BCUT2D eigenvalue weighted by Gasteiger charge is -2.07. The summed E-state index contributed by atoms with van der Waals surface area (Å²) in [5.74, 6) is -1.85. The van der Waals surface area contributed by atoms with Gasteiger partial charge >= 0.3 is 5.97 Å². The third kappa shape index (κ3) is 2.68. The number of aromatic carboxylic acids is 1. The van der Waals surface area contributed by atoms with Crippen LogP contribution in [0.5, 0.6) is 0 Å². The fourth-order valence-corrected chi connectivity index (χ4v) is 1.83. The average Bonchev–Trinajstić information content (AvgIpc) is 2.38. The lowest BCUT2D eigenvalue weighted by atomic mass is 9.98. The summed E-state index contributed by atoms with van der Waals surface area (Å²) >= 11 is 0. The van der Waals surface area contributed by atoms with E-state index in [1.165, 1.54) is 19.1 Å². The van der Waals surface area contributed by atoms with E-state index in [1.54, 1.807) is 24.3 Å². The van der Waals surface area contributed by atoms with Crippen molar-refractivity contribution in [1.29, 1.82) is 0 Å². The highest BCUT2D eigenvalue weighted by molar-refractivity contribution is 5.97. The molecule has 0 heterocycles. The Balaban J connectivity index is 2.52. The second-order valence-electron chi connectivity index (χ2n) is 4.13. The molecule has 0 aliphatic carbocycles. The van der Waals surface area contributed by atoms with Crippen LogP contribution in [0.25, 0.3) is 11.1 Å². The number of hydrogen-bond acceptors (Lipinski definition) is 2. The van der Waals surface area contributed by atoms with E-state index < -0.39 is 11.8 Å². The van der Waals surface area contributed by atoms with Gasteiger partial charge in [0.05, 0.1) is 5.56 Å². The standard InChI is InChI=1S/C15H11FO3/c1-9(17)10-2-4-11(5-3-10)13-7-6-12(16)8-14(13)15(18)19/h2-8H,1H3,(H,18,19). The SMILES string of the molecule is CC(=O)c1ccc(-c2ccc(F)cc2C(=O)O)cc1. The van der Waals surface area contributed by atoms with Gasteiger partial charge in [-0.15, -0.1) is 0 Å². The Labute approximate surface area is 109 Å². The molecule has 0 aliphatic rings. The Kier molecular flexibility index (Phi) is 3.42. The normalized spacial score (nSPS) is 10.2. The molecule has 2 aromatic rings. The maximum Gasteiger partial charge on any atom is 0.336 e. The summed E-state index contributed by atoms with van der Waals surface area (Å²) in [6.45, 7) is 1.45. The van der Waals surface area contributed by atoms with E-state index in [1.807, 2.05) is 0 Å². The van der Waals surface area contributed by atoms with E-state index in [2.05, 4.69) is 0 Å². The topological polar surface area (TPSA) is 54.4 Å². The van der Waals surface area contributed by atoms with E-state index in [9.17, 15) is 14.0 Å². The zero-order valence-electron chi connectivity index (χ0n) is 10.2. The summed E-state index contributed by atoms with van der Waals surface area (Å²) < 4.78 is 13.1. The second kappa shape index (κ2) is 5.02. The number of ketones is 1. The minimum Gasteiger partial charge on any atom is -0.478 e. The fourth-order valence-electron chi connectivity index (χ4n) is 1.83. The van der Waals surface area contributed by atoms with Crippen molar-refractivity contribution in [3.8, 4) is 11.1 Å². The molecule has 0 atom stereocenters. The molecule has 0 saturated carbocycles. The molecule has 96 valence electrons. The van der Waals surface area contributed by atoms with Crippen LogP contribution in [-0.2, 0) is 0 Å². The summed E-state index contributed by atoms with van der Waals surface area (Å²) in [6, 6.07) is 10.1. The smallest absolute Gasteiger partial charge is 0.336 e. The van der Waals surface area contributed by atoms with E-state index >= 15 is 0 Å². The molecule has 2 rings (SSSR count). The first-order valence-electron chi connectivity index (χ1n) is 5.63. The second-order valence-corrected chi connectivity index (χ2v) is 4.13. The number of halogens is 1. The van der Waals surface area contributed by atoms with Gasteiger partial charge in [0.15, 0.2) is 5.78 Å². The molecule has 0 bridgehead atoms. The van der Waals surface area contributed by atoms with Gasteiger partial charge in [-0.3, -0.25) is 4.79 Å². The van der Waals surface area contributed by atoms with Crippen molar-refractivity contribution in [3.05, 3.63) is 59.4 Å². The van der Waals surface area contributed by atoms with Crippen molar-refractivity contribution in [2.24, 2.45) is 0 Å². The van der Waals surface area contributed by atoms with Crippen LogP contribution in [0.4, 0.5) is 4.39 Å². The maximum absolute atomic E-state index is 13.1. The number of carbonyl (C=O) groups is 2. The first-order chi connectivity index (χ1) is 8.99. The van der Waals surface area contributed by atoms with Gasteiger partial charge in [0.1, 0.15) is 5.82 Å². The molecule has 0 fully saturated rings. The number of rotatable bonds is 3. The Morgan fingerprint density at radius 1 is 1.05 bits per heavy atom. The van der Waals surface area contributed by atoms with Gasteiger partial charge in [-0.1, -0.05) is 30.3 Å². The van der Waals surface area contributed by atoms with Crippen LogP contribution in [0.3, 0.4) is 0 Å². The lowest BCUT2D eigenvalue weighted by Crippen LogP contribution is -2.00. The Hall–Kier alpha value is -2.49. The molecule has 0 saturated heterocycles. The van der Waals surface area contributed by atoms with E-state index in [0.29, 0.717) is 16.7 Å². The Morgan fingerprint density at radius 2 is 1.68 bits per heavy atom. The van der Waals surface area contributed by atoms with Crippen LogP contribution in [0.15, 0.2) is 42.5 Å². The number of hydrogen-bond donors (Lipinski definition) is 1. The van der Waals surface area contributed by atoms with Gasteiger partial charge in [0, 0.05) is 5.56 Å². The van der Waals surface area contributed by atoms with Crippen molar-refractivity contribution in [3.63, 3.8) is 0 Å². The van der Waals surface area contributed by atoms with Gasteiger partial charge in [-0.2, -0.15) is 0 Å². The zero-order valence-corrected chi connectivity index (χ0v) is 10.2. The zero-order chi connectivity index (χ0) is 14.0. The molecule has 0 unspecified atom stereocenters. The Bertz CT molecular complexity index is 645. The van der Waals surface area contributed by atoms with Crippen LogP contribution < -0.4 is 0 Å². The van der Waals surface area contributed by atoms with Gasteiger partial charge in [-0.05, 0) is 30.2 Å². The van der Waals surface area contributed by atoms with Crippen LogP contribution in [0, 0.1) is 5.82 Å². The predicted octanol–water partition coefficient (Wildman–Crippen LogP) is 3.39. The van der Waals surface area contributed by atoms with Crippen LogP contribution in [0.2, 0.25) is 0 Å². The van der Waals surface area contributed by atoms with Crippen LogP contribution >= 0.6 is 0 Å². The van der Waals surface area contributed by atoms with E-state index in [-0.39, 0.29) is 11.3 Å². The number of benzene rings is 2. The summed E-state index contributed by atoms with van der Waals surface area (Å²) in [5.41, 5.74) is 1.49. The van der Waals surface area contributed by atoms with E-state index in [4.69, 9.17) is 5.11 Å². The van der Waals surface area contributed by atoms with Crippen molar-refractivity contribution < 1.29 is 19.1 Å². The first kappa shape index (κ1) is 13.0. The van der Waals surface area contributed by atoms with Gasteiger partial charge in [-0.25, -0.2) is 9.18 Å². The molecular formula is C15H11FO3. The van der Waals surface area contributed by atoms with E-state index in [0.717, 1.165) is 6.07 Å². The number of carboxylic acids is 1. The molecule has 0 spiro atoms. The monoisotopic (exact) mass is 258 g/mol. The molecule has 0 aromatic heterocycles. The third-order valence-electron chi connectivity index (χ3n) is 2.81. The quantitative estimate of drug-likeness (QED) is 0.858. The molecule has 3 nitrogen and oxygen atoms in total. The molecule has 2 aromatic carbocycles. The Morgan fingerprint density at radius 3 is 2.21 bits per heavy atom. The molecule has 19 heavy (non-hydrogen) atoms. The summed E-state index contributed by atoms with van der Waals surface area (Å²) in [6.07, 6.45) is 0.